The Labute approximate surface area is 212 Å². The molecule has 0 amide bonds. The van der Waals surface area contributed by atoms with Crippen LogP contribution in [-0.4, -0.2) is 36.2 Å². The normalized spacial score (nSPS) is 24.7. The lowest BCUT2D eigenvalue weighted by molar-refractivity contribution is -0.141. The fraction of sp³-hybridized carbons (Fsp3) is 0.433. The van der Waals surface area contributed by atoms with Crippen LogP contribution in [0.4, 0.5) is 0 Å². The minimum atomic E-state index is -0.438. The number of hydrogen-bond acceptors (Lipinski definition) is 6. The van der Waals surface area contributed by atoms with Crippen LogP contribution in [0.5, 0.6) is 0 Å². The van der Waals surface area contributed by atoms with Gasteiger partial charge >= 0.3 is 17.9 Å². The third kappa shape index (κ3) is 6.23. The van der Waals surface area contributed by atoms with Crippen molar-refractivity contribution < 1.29 is 28.6 Å². The Morgan fingerprint density at radius 2 is 1.67 bits per heavy atom. The van der Waals surface area contributed by atoms with E-state index in [-0.39, 0.29) is 35.8 Å². The van der Waals surface area contributed by atoms with E-state index in [1.54, 1.807) is 36.4 Å². The number of carbonyl (C=O) groups is 3. The predicted octanol–water partition coefficient (Wildman–Crippen LogP) is 5.77. The Kier molecular flexibility index (Phi) is 8.57. The lowest BCUT2D eigenvalue weighted by Gasteiger charge is -2.24. The zero-order chi connectivity index (χ0) is 25.5. The molecule has 2 aromatic carbocycles. The lowest BCUT2D eigenvalue weighted by atomic mass is 9.89. The molecule has 0 bridgehead atoms. The van der Waals surface area contributed by atoms with Gasteiger partial charge < -0.3 is 14.2 Å². The third-order valence-electron chi connectivity index (χ3n) is 7.17. The number of benzene rings is 2. The van der Waals surface area contributed by atoms with E-state index < -0.39 is 18.2 Å². The first-order chi connectivity index (χ1) is 17.5. The number of hydrogen-bond donors (Lipinski definition) is 0. The Morgan fingerprint density at radius 3 is 2.31 bits per heavy atom. The summed E-state index contributed by atoms with van der Waals surface area (Å²) in [5.74, 6) is -1.15. The molecule has 6 atom stereocenters. The van der Waals surface area contributed by atoms with Gasteiger partial charge in [0.25, 0.3) is 0 Å². The first kappa shape index (κ1) is 25.7. The fourth-order valence-electron chi connectivity index (χ4n) is 5.11. The van der Waals surface area contributed by atoms with E-state index >= 15 is 0 Å². The minimum Gasteiger partial charge on any atom is -0.462 e. The Bertz CT molecular complexity index is 1060. The SMILES string of the molecule is CCCC[C@H](C)[C@H](C=C[C@@H]1[C@H]2CC(=O)O[C@H]2C[C@H]1OC(=O)c1ccccc1)OC(=O)c1ccccc1. The van der Waals surface area contributed by atoms with Gasteiger partial charge in [-0.3, -0.25) is 4.79 Å². The molecule has 1 saturated carbocycles. The summed E-state index contributed by atoms with van der Waals surface area (Å²) in [7, 11) is 0. The Hall–Kier alpha value is -3.41. The maximum atomic E-state index is 12.8. The van der Waals surface area contributed by atoms with E-state index in [0.717, 1.165) is 19.3 Å². The van der Waals surface area contributed by atoms with Crippen molar-refractivity contribution in [2.24, 2.45) is 17.8 Å². The molecule has 36 heavy (non-hydrogen) atoms. The predicted molar refractivity (Wildman–Crippen MR) is 135 cm³/mol. The quantitative estimate of drug-likeness (QED) is 0.239. The van der Waals surface area contributed by atoms with Crippen LogP contribution in [-0.2, 0) is 19.0 Å². The van der Waals surface area contributed by atoms with E-state index in [2.05, 4.69) is 13.8 Å². The number of fused-ring (bicyclic) bond motifs is 1. The molecular weight excluding hydrogens is 456 g/mol. The smallest absolute Gasteiger partial charge is 0.338 e. The van der Waals surface area contributed by atoms with Crippen LogP contribution in [0.15, 0.2) is 72.8 Å². The van der Waals surface area contributed by atoms with Crippen LogP contribution in [0.2, 0.25) is 0 Å². The zero-order valence-corrected chi connectivity index (χ0v) is 20.9. The second-order valence-electron chi connectivity index (χ2n) is 9.76. The average molecular weight is 491 g/mol. The van der Waals surface area contributed by atoms with Gasteiger partial charge in [-0.2, -0.15) is 0 Å². The molecule has 4 rings (SSSR count). The molecule has 0 unspecified atom stereocenters. The lowest BCUT2D eigenvalue weighted by Crippen LogP contribution is -2.27. The zero-order valence-electron chi connectivity index (χ0n) is 20.9. The molecule has 0 spiro atoms. The van der Waals surface area contributed by atoms with E-state index in [0.29, 0.717) is 24.0 Å². The summed E-state index contributed by atoms with van der Waals surface area (Å²) < 4.78 is 17.4. The second kappa shape index (κ2) is 12.0. The summed E-state index contributed by atoms with van der Waals surface area (Å²) in [6.07, 6.45) is 6.50. The molecule has 0 N–H and O–H groups in total. The van der Waals surface area contributed by atoms with E-state index in [1.165, 1.54) is 0 Å². The van der Waals surface area contributed by atoms with E-state index in [4.69, 9.17) is 14.2 Å². The molecule has 0 radical (unpaired) electrons. The number of unbranched alkanes of at least 4 members (excludes halogenated alkanes) is 1. The summed E-state index contributed by atoms with van der Waals surface area (Å²) in [6.45, 7) is 4.21. The van der Waals surface area contributed by atoms with Crippen molar-refractivity contribution in [1.29, 1.82) is 0 Å². The topological polar surface area (TPSA) is 78.9 Å². The van der Waals surface area contributed by atoms with Gasteiger partial charge in [0.1, 0.15) is 18.3 Å². The van der Waals surface area contributed by atoms with Gasteiger partial charge in [-0.05, 0) is 42.7 Å². The van der Waals surface area contributed by atoms with Crippen molar-refractivity contribution in [3.63, 3.8) is 0 Å². The average Bonchev–Trinajstić information content (AvgIpc) is 3.41. The Morgan fingerprint density at radius 1 is 1.03 bits per heavy atom. The molecule has 1 aliphatic carbocycles. The molecule has 190 valence electrons. The van der Waals surface area contributed by atoms with Gasteiger partial charge in [-0.15, -0.1) is 0 Å². The van der Waals surface area contributed by atoms with Crippen molar-refractivity contribution in [3.8, 4) is 0 Å². The summed E-state index contributed by atoms with van der Waals surface area (Å²) >= 11 is 0. The molecule has 0 aromatic heterocycles. The first-order valence-corrected chi connectivity index (χ1v) is 12.9. The number of rotatable bonds is 10. The van der Waals surface area contributed by atoms with E-state index in [1.807, 2.05) is 36.4 Å². The van der Waals surface area contributed by atoms with Gasteiger partial charge in [0.2, 0.25) is 0 Å². The summed E-state index contributed by atoms with van der Waals surface area (Å²) in [5, 5.41) is 0. The highest BCUT2D eigenvalue weighted by molar-refractivity contribution is 5.90. The highest BCUT2D eigenvalue weighted by atomic mass is 16.6. The summed E-state index contributed by atoms with van der Waals surface area (Å²) in [4.78, 5) is 37.6. The van der Waals surface area contributed by atoms with Gasteiger partial charge in [-0.1, -0.05) is 69.2 Å². The Balaban J connectivity index is 1.53. The molecular formula is C30H34O6. The van der Waals surface area contributed by atoms with Crippen molar-refractivity contribution >= 4 is 17.9 Å². The van der Waals surface area contributed by atoms with Gasteiger partial charge in [0.05, 0.1) is 17.5 Å². The van der Waals surface area contributed by atoms with Crippen molar-refractivity contribution in [2.75, 3.05) is 0 Å². The molecule has 2 aromatic rings. The van der Waals surface area contributed by atoms with E-state index in [9.17, 15) is 14.4 Å². The maximum absolute atomic E-state index is 12.8. The van der Waals surface area contributed by atoms with Gasteiger partial charge in [-0.25, -0.2) is 9.59 Å². The van der Waals surface area contributed by atoms with Crippen LogP contribution in [0.25, 0.3) is 0 Å². The highest BCUT2D eigenvalue weighted by Gasteiger charge is 2.50. The molecule has 6 nitrogen and oxygen atoms in total. The summed E-state index contributed by atoms with van der Waals surface area (Å²) in [5.41, 5.74) is 0.987. The molecule has 6 heteroatoms. The molecule has 1 heterocycles. The van der Waals surface area contributed by atoms with Crippen LogP contribution >= 0.6 is 0 Å². The van der Waals surface area contributed by atoms with Crippen molar-refractivity contribution in [2.45, 2.75) is 64.3 Å². The van der Waals surface area contributed by atoms with Crippen LogP contribution in [0.3, 0.4) is 0 Å². The molecule has 1 aliphatic heterocycles. The van der Waals surface area contributed by atoms with Crippen LogP contribution in [0, 0.1) is 17.8 Å². The maximum Gasteiger partial charge on any atom is 0.338 e. The largest absolute Gasteiger partial charge is 0.462 e. The van der Waals surface area contributed by atoms with Crippen molar-refractivity contribution in [1.82, 2.24) is 0 Å². The van der Waals surface area contributed by atoms with Gasteiger partial charge in [0.15, 0.2) is 0 Å². The molecule has 1 saturated heterocycles. The second-order valence-corrected chi connectivity index (χ2v) is 9.76. The molecule has 2 aliphatic rings. The molecule has 2 fully saturated rings. The number of esters is 3. The fourth-order valence-corrected chi connectivity index (χ4v) is 5.11. The third-order valence-corrected chi connectivity index (χ3v) is 7.17. The van der Waals surface area contributed by atoms with Gasteiger partial charge in [0, 0.05) is 18.3 Å². The summed E-state index contributed by atoms with van der Waals surface area (Å²) in [6, 6.07) is 17.8. The van der Waals surface area contributed by atoms with Crippen LogP contribution in [0.1, 0.15) is 66.7 Å². The monoisotopic (exact) mass is 490 g/mol. The minimum absolute atomic E-state index is 0.0706. The number of ether oxygens (including phenoxy) is 3. The number of carbonyl (C=O) groups excluding carboxylic acids is 3. The standard InChI is InChI=1S/C30H34O6/c1-3-4-11-20(2)25(35-29(32)21-12-7-5-8-13-21)17-16-23-24-18-28(31)34-27(24)19-26(23)36-30(33)22-14-9-6-10-15-22/h5-10,12-17,20,23-27H,3-4,11,18-19H2,1-2H3/t20-,23+,24+,25-,26+,27-/m0/s1. The first-order valence-electron chi connectivity index (χ1n) is 12.9. The van der Waals surface area contributed by atoms with Crippen molar-refractivity contribution in [3.05, 3.63) is 83.9 Å². The highest BCUT2D eigenvalue weighted by Crippen LogP contribution is 2.44. The van der Waals surface area contributed by atoms with Crippen LogP contribution < -0.4 is 0 Å².